The molecule has 2 fully saturated rings. The standard InChI is InChI=1S/C17H24N2/c1-12-3-4-13-10-16-15-11-18-7-5-17(15,14(13)9-12)6-8-19(16)2/h3-4,9,15-16,18H,5-8,10-11H2,1-2H3/t15-,16+,17-/m0/s1. The molecule has 2 aliphatic heterocycles. The van der Waals surface area contributed by atoms with Gasteiger partial charge in [-0.3, -0.25) is 0 Å². The maximum atomic E-state index is 3.65. The second-order valence-corrected chi connectivity index (χ2v) is 6.88. The average Bonchev–Trinajstić information content (AvgIpc) is 2.43. The Balaban J connectivity index is 1.90. The van der Waals surface area contributed by atoms with Gasteiger partial charge in [0.25, 0.3) is 0 Å². The number of nitrogens with one attached hydrogen (secondary N) is 1. The Morgan fingerprint density at radius 2 is 2.21 bits per heavy atom. The van der Waals surface area contributed by atoms with Gasteiger partial charge in [0.2, 0.25) is 0 Å². The zero-order valence-corrected chi connectivity index (χ0v) is 12.1. The zero-order chi connectivity index (χ0) is 13.0. The molecule has 2 bridgehead atoms. The number of likely N-dealkylation sites (N-methyl/N-ethyl adjacent to an activating group) is 1. The number of benzene rings is 1. The maximum Gasteiger partial charge on any atom is 0.0182 e. The molecular weight excluding hydrogens is 232 g/mol. The van der Waals surface area contributed by atoms with E-state index in [1.165, 1.54) is 44.5 Å². The summed E-state index contributed by atoms with van der Waals surface area (Å²) in [6.07, 6.45) is 3.93. The molecule has 4 rings (SSSR count). The molecule has 19 heavy (non-hydrogen) atoms. The van der Waals surface area contributed by atoms with E-state index in [9.17, 15) is 0 Å². The molecule has 0 unspecified atom stereocenters. The normalized spacial score (nSPS) is 37.6. The highest BCUT2D eigenvalue weighted by Crippen LogP contribution is 2.51. The van der Waals surface area contributed by atoms with Crippen molar-refractivity contribution in [1.29, 1.82) is 0 Å². The number of fused-ring (bicyclic) bond motifs is 1. The highest BCUT2D eigenvalue weighted by atomic mass is 15.2. The molecule has 2 heteroatoms. The molecule has 3 atom stereocenters. The van der Waals surface area contributed by atoms with Gasteiger partial charge < -0.3 is 10.2 Å². The van der Waals surface area contributed by atoms with E-state index in [4.69, 9.17) is 0 Å². The van der Waals surface area contributed by atoms with Crippen LogP contribution in [0.5, 0.6) is 0 Å². The van der Waals surface area contributed by atoms with Gasteiger partial charge in [0.1, 0.15) is 0 Å². The summed E-state index contributed by atoms with van der Waals surface area (Å²) in [5, 5.41) is 3.65. The van der Waals surface area contributed by atoms with Gasteiger partial charge in [-0.1, -0.05) is 23.8 Å². The van der Waals surface area contributed by atoms with E-state index in [2.05, 4.69) is 42.4 Å². The Kier molecular flexibility index (Phi) is 2.55. The van der Waals surface area contributed by atoms with E-state index in [1.54, 1.807) is 11.1 Å². The van der Waals surface area contributed by atoms with Crippen LogP contribution in [0.25, 0.3) is 0 Å². The third kappa shape index (κ3) is 1.56. The molecule has 1 aromatic carbocycles. The molecule has 2 heterocycles. The van der Waals surface area contributed by atoms with Gasteiger partial charge in [-0.2, -0.15) is 0 Å². The molecule has 0 amide bonds. The van der Waals surface area contributed by atoms with Crippen LogP contribution in [0.2, 0.25) is 0 Å². The molecule has 102 valence electrons. The monoisotopic (exact) mass is 256 g/mol. The maximum absolute atomic E-state index is 3.65. The predicted molar refractivity (Wildman–Crippen MR) is 78.6 cm³/mol. The minimum Gasteiger partial charge on any atom is -0.316 e. The largest absolute Gasteiger partial charge is 0.316 e. The summed E-state index contributed by atoms with van der Waals surface area (Å²) >= 11 is 0. The summed E-state index contributed by atoms with van der Waals surface area (Å²) in [6, 6.07) is 7.94. The van der Waals surface area contributed by atoms with Gasteiger partial charge in [0, 0.05) is 18.0 Å². The molecule has 0 spiro atoms. The second kappa shape index (κ2) is 4.07. The Labute approximate surface area is 116 Å². The number of rotatable bonds is 0. The molecule has 2 nitrogen and oxygen atoms in total. The molecule has 1 aromatic rings. The second-order valence-electron chi connectivity index (χ2n) is 6.88. The quantitative estimate of drug-likeness (QED) is 0.765. The van der Waals surface area contributed by atoms with Crippen molar-refractivity contribution in [3.63, 3.8) is 0 Å². The smallest absolute Gasteiger partial charge is 0.0182 e. The first kappa shape index (κ1) is 11.9. The molecule has 1 aliphatic carbocycles. The summed E-state index contributed by atoms with van der Waals surface area (Å²) in [4.78, 5) is 2.61. The van der Waals surface area contributed by atoms with E-state index in [0.29, 0.717) is 5.41 Å². The summed E-state index contributed by atoms with van der Waals surface area (Å²) < 4.78 is 0. The lowest BCUT2D eigenvalue weighted by atomic mass is 9.55. The minimum absolute atomic E-state index is 0.474. The van der Waals surface area contributed by atoms with E-state index < -0.39 is 0 Å². The number of aryl methyl sites for hydroxylation is 1. The fourth-order valence-corrected chi connectivity index (χ4v) is 4.94. The van der Waals surface area contributed by atoms with Crippen LogP contribution in [0, 0.1) is 12.8 Å². The van der Waals surface area contributed by atoms with Crippen molar-refractivity contribution < 1.29 is 0 Å². The number of nitrogens with zero attached hydrogens (tertiary/aromatic N) is 1. The topological polar surface area (TPSA) is 15.3 Å². The highest BCUT2D eigenvalue weighted by molar-refractivity contribution is 5.43. The summed E-state index contributed by atoms with van der Waals surface area (Å²) in [6.45, 7) is 5.92. The lowest BCUT2D eigenvalue weighted by Crippen LogP contribution is -2.64. The van der Waals surface area contributed by atoms with Gasteiger partial charge in [0.05, 0.1) is 0 Å². The van der Waals surface area contributed by atoms with Gasteiger partial charge in [-0.25, -0.2) is 0 Å². The van der Waals surface area contributed by atoms with Crippen LogP contribution in [-0.2, 0) is 11.8 Å². The predicted octanol–water partition coefficient (Wildman–Crippen LogP) is 2.10. The Morgan fingerprint density at radius 1 is 1.32 bits per heavy atom. The third-order valence-corrected chi connectivity index (χ3v) is 5.99. The van der Waals surface area contributed by atoms with Crippen LogP contribution in [0.4, 0.5) is 0 Å². The lowest BCUT2D eigenvalue weighted by molar-refractivity contribution is 0.0115. The van der Waals surface area contributed by atoms with Crippen LogP contribution in [0.15, 0.2) is 18.2 Å². The average molecular weight is 256 g/mol. The van der Waals surface area contributed by atoms with Gasteiger partial charge in [-0.05, 0) is 63.4 Å². The van der Waals surface area contributed by atoms with Crippen molar-refractivity contribution in [3.05, 3.63) is 34.9 Å². The van der Waals surface area contributed by atoms with Crippen LogP contribution < -0.4 is 5.32 Å². The SMILES string of the molecule is Cc1ccc2c(c1)[C@@]13CCNC[C@H]1[C@@H](C2)N(C)CC3. The van der Waals surface area contributed by atoms with Crippen molar-refractivity contribution >= 4 is 0 Å². The molecule has 1 N–H and O–H groups in total. The van der Waals surface area contributed by atoms with Crippen LogP contribution in [0.3, 0.4) is 0 Å². The first-order valence-electron chi connectivity index (χ1n) is 7.72. The van der Waals surface area contributed by atoms with E-state index in [0.717, 1.165) is 12.0 Å². The van der Waals surface area contributed by atoms with Crippen LogP contribution in [0.1, 0.15) is 29.5 Å². The van der Waals surface area contributed by atoms with Crippen LogP contribution >= 0.6 is 0 Å². The molecule has 3 aliphatic rings. The number of piperidine rings is 2. The molecule has 2 saturated heterocycles. The van der Waals surface area contributed by atoms with Gasteiger partial charge >= 0.3 is 0 Å². The summed E-state index contributed by atoms with van der Waals surface area (Å²) in [5.74, 6) is 0.814. The fourth-order valence-electron chi connectivity index (χ4n) is 4.94. The molecule has 0 aromatic heterocycles. The Hall–Kier alpha value is -0.860. The van der Waals surface area contributed by atoms with Crippen molar-refractivity contribution in [1.82, 2.24) is 10.2 Å². The van der Waals surface area contributed by atoms with Crippen LogP contribution in [-0.4, -0.2) is 37.6 Å². The van der Waals surface area contributed by atoms with Crippen molar-refractivity contribution in [2.45, 2.75) is 37.6 Å². The minimum atomic E-state index is 0.474. The van der Waals surface area contributed by atoms with Crippen molar-refractivity contribution in [2.75, 3.05) is 26.7 Å². The molecule has 0 saturated carbocycles. The third-order valence-electron chi connectivity index (χ3n) is 5.99. The fraction of sp³-hybridized carbons (Fsp3) is 0.647. The Morgan fingerprint density at radius 3 is 3.11 bits per heavy atom. The molecular formula is C17H24N2. The summed E-state index contributed by atoms with van der Waals surface area (Å²) in [5.41, 5.74) is 5.23. The first-order valence-corrected chi connectivity index (χ1v) is 7.72. The highest BCUT2D eigenvalue weighted by Gasteiger charge is 2.53. The van der Waals surface area contributed by atoms with Gasteiger partial charge in [0.15, 0.2) is 0 Å². The number of likely N-dealkylation sites (tertiary alicyclic amines) is 1. The summed E-state index contributed by atoms with van der Waals surface area (Å²) in [7, 11) is 2.32. The number of hydrogen-bond acceptors (Lipinski definition) is 2. The van der Waals surface area contributed by atoms with E-state index in [1.807, 2.05) is 0 Å². The van der Waals surface area contributed by atoms with E-state index >= 15 is 0 Å². The number of hydrogen-bond donors (Lipinski definition) is 1. The van der Waals surface area contributed by atoms with Crippen molar-refractivity contribution in [3.8, 4) is 0 Å². The van der Waals surface area contributed by atoms with E-state index in [-0.39, 0.29) is 0 Å². The lowest BCUT2D eigenvalue weighted by Gasteiger charge is -2.58. The molecule has 0 radical (unpaired) electrons. The Bertz CT molecular complexity index is 510. The van der Waals surface area contributed by atoms with Crippen molar-refractivity contribution in [2.24, 2.45) is 5.92 Å². The first-order chi connectivity index (χ1) is 9.21. The zero-order valence-electron chi connectivity index (χ0n) is 12.1. The van der Waals surface area contributed by atoms with Gasteiger partial charge in [-0.15, -0.1) is 0 Å².